The molecule has 224 valence electrons. The third-order valence-electron chi connectivity index (χ3n) is 7.71. The Morgan fingerprint density at radius 3 is 1.04 bits per heavy atom. The van der Waals surface area contributed by atoms with Crippen molar-refractivity contribution in [2.24, 2.45) is 0 Å². The van der Waals surface area contributed by atoms with Crippen LogP contribution in [-0.4, -0.2) is 5.54 Å². The maximum Gasteiger partial charge on any atom is 0.0463 e. The predicted molar refractivity (Wildman–Crippen MR) is 194 cm³/mol. The van der Waals surface area contributed by atoms with Crippen molar-refractivity contribution in [3.63, 3.8) is 0 Å². The average Bonchev–Trinajstić information content (AvgIpc) is 3.05. The Bertz CT molecular complexity index is 1750. The number of anilines is 9. The topological polar surface area (TPSA) is 30.5 Å². The lowest BCUT2D eigenvalue weighted by molar-refractivity contribution is 0.560. The Morgan fingerprint density at radius 2 is 0.689 bits per heavy atom. The second kappa shape index (κ2) is 13.0. The first-order valence-electron chi connectivity index (χ1n) is 15.4. The molecule has 4 heteroatoms. The minimum Gasteiger partial charge on any atom is -0.356 e. The zero-order chi connectivity index (χ0) is 31.2. The van der Waals surface area contributed by atoms with Gasteiger partial charge in [0.1, 0.15) is 0 Å². The van der Waals surface area contributed by atoms with Gasteiger partial charge < -0.3 is 20.4 Å². The highest BCUT2D eigenvalue weighted by molar-refractivity contribution is 5.78. The molecule has 0 atom stereocenters. The number of hydrogen-bond donors (Lipinski definition) is 2. The monoisotopic (exact) mass is 588 g/mol. The Labute approximate surface area is 267 Å². The van der Waals surface area contributed by atoms with Gasteiger partial charge >= 0.3 is 0 Å². The summed E-state index contributed by atoms with van der Waals surface area (Å²) < 4.78 is 0. The fourth-order valence-electron chi connectivity index (χ4n) is 5.58. The van der Waals surface area contributed by atoms with Gasteiger partial charge in [0.15, 0.2) is 0 Å². The molecule has 0 saturated carbocycles. The molecule has 2 N–H and O–H groups in total. The molecule has 4 nitrogen and oxygen atoms in total. The number of nitrogens with one attached hydrogen (secondary N) is 2. The summed E-state index contributed by atoms with van der Waals surface area (Å²) in [7, 11) is 0. The zero-order valence-corrected chi connectivity index (χ0v) is 26.4. The van der Waals surface area contributed by atoms with E-state index < -0.39 is 0 Å². The molecule has 0 fully saturated rings. The van der Waals surface area contributed by atoms with Crippen LogP contribution < -0.4 is 20.4 Å². The number of rotatable bonds is 9. The van der Waals surface area contributed by atoms with Gasteiger partial charge in [-0.3, -0.25) is 0 Å². The van der Waals surface area contributed by atoms with Crippen molar-refractivity contribution >= 4 is 51.2 Å². The Balaban J connectivity index is 1.17. The van der Waals surface area contributed by atoms with E-state index in [4.69, 9.17) is 0 Å². The van der Waals surface area contributed by atoms with Gasteiger partial charge in [0.05, 0.1) is 0 Å². The van der Waals surface area contributed by atoms with Crippen LogP contribution in [0.15, 0.2) is 158 Å². The van der Waals surface area contributed by atoms with Crippen LogP contribution in [0.1, 0.15) is 26.3 Å². The summed E-state index contributed by atoms with van der Waals surface area (Å²) in [5, 5.41) is 7.09. The van der Waals surface area contributed by atoms with E-state index in [1.54, 1.807) is 0 Å². The van der Waals surface area contributed by atoms with Crippen molar-refractivity contribution in [1.29, 1.82) is 0 Å². The molecule has 0 unspecified atom stereocenters. The van der Waals surface area contributed by atoms with E-state index in [1.165, 1.54) is 5.56 Å². The first-order valence-corrected chi connectivity index (χ1v) is 15.4. The summed E-state index contributed by atoms with van der Waals surface area (Å²) in [5.74, 6) is 0. The number of aryl methyl sites for hydroxylation is 1. The highest BCUT2D eigenvalue weighted by Gasteiger charge is 2.23. The van der Waals surface area contributed by atoms with Crippen molar-refractivity contribution in [2.45, 2.75) is 33.2 Å². The normalized spacial score (nSPS) is 11.1. The van der Waals surface area contributed by atoms with E-state index in [0.29, 0.717) is 0 Å². The van der Waals surface area contributed by atoms with E-state index in [2.05, 4.69) is 194 Å². The van der Waals surface area contributed by atoms with Crippen molar-refractivity contribution in [1.82, 2.24) is 0 Å². The van der Waals surface area contributed by atoms with E-state index in [9.17, 15) is 0 Å². The van der Waals surface area contributed by atoms with Crippen LogP contribution in [0.2, 0.25) is 0 Å². The first-order chi connectivity index (χ1) is 21.8. The molecule has 6 rings (SSSR count). The Hall–Kier alpha value is -5.48. The van der Waals surface area contributed by atoms with Crippen LogP contribution in [0.25, 0.3) is 0 Å². The maximum atomic E-state index is 3.58. The minimum atomic E-state index is -0.111. The molecule has 0 amide bonds. The first kappa shape index (κ1) is 29.6. The van der Waals surface area contributed by atoms with Crippen LogP contribution in [0.4, 0.5) is 51.2 Å². The molecule has 6 aromatic rings. The molecule has 0 aliphatic rings. The average molecular weight is 589 g/mol. The van der Waals surface area contributed by atoms with E-state index in [1.807, 2.05) is 12.1 Å². The van der Waals surface area contributed by atoms with Crippen molar-refractivity contribution in [2.75, 3.05) is 20.4 Å². The smallest absolute Gasteiger partial charge is 0.0463 e. The van der Waals surface area contributed by atoms with Crippen molar-refractivity contribution in [3.05, 3.63) is 163 Å². The summed E-state index contributed by atoms with van der Waals surface area (Å²) in [6.07, 6.45) is 0. The molecule has 0 aromatic heterocycles. The van der Waals surface area contributed by atoms with Crippen LogP contribution in [0.3, 0.4) is 0 Å². The maximum absolute atomic E-state index is 3.58. The van der Waals surface area contributed by atoms with Gasteiger partial charge in [0.2, 0.25) is 0 Å². The highest BCUT2D eigenvalue weighted by Crippen LogP contribution is 2.37. The third kappa shape index (κ3) is 7.19. The predicted octanol–water partition coefficient (Wildman–Crippen LogP) is 11.9. The van der Waals surface area contributed by atoms with Gasteiger partial charge in [-0.15, -0.1) is 0 Å². The summed E-state index contributed by atoms with van der Waals surface area (Å²) in [6, 6.07) is 55.3. The van der Waals surface area contributed by atoms with Crippen LogP contribution in [0.5, 0.6) is 0 Å². The standard InChI is InChI=1S/C41H40N4/c1-31-15-17-32(18-16-31)42-34-21-27-39(28-22-34)45(41(2,3)4)40-29-23-35(24-30-40)43-33-19-25-38(26-20-33)44(36-11-7-5-8-12-36)37-13-9-6-10-14-37/h5-30,42-43H,1-4H3. The molecule has 0 bridgehead atoms. The Morgan fingerprint density at radius 1 is 0.378 bits per heavy atom. The van der Waals surface area contributed by atoms with E-state index >= 15 is 0 Å². The highest BCUT2D eigenvalue weighted by atomic mass is 15.2. The fraction of sp³-hybridized carbons (Fsp3) is 0.122. The molecular formula is C41H40N4. The lowest BCUT2D eigenvalue weighted by atomic mass is 10.0. The van der Waals surface area contributed by atoms with Crippen LogP contribution in [-0.2, 0) is 0 Å². The molecule has 6 aromatic carbocycles. The lowest BCUT2D eigenvalue weighted by Crippen LogP contribution is -2.37. The van der Waals surface area contributed by atoms with Gasteiger partial charge in [-0.2, -0.15) is 0 Å². The number of nitrogens with zero attached hydrogens (tertiary/aromatic N) is 2. The van der Waals surface area contributed by atoms with Crippen LogP contribution in [0, 0.1) is 6.92 Å². The SMILES string of the molecule is Cc1ccc(Nc2ccc(N(c3ccc(Nc4ccc(N(c5ccccc5)c5ccccc5)cc4)cc3)C(C)(C)C)cc2)cc1. The summed E-state index contributed by atoms with van der Waals surface area (Å²) in [6.45, 7) is 8.83. The molecule has 0 spiro atoms. The summed E-state index contributed by atoms with van der Waals surface area (Å²) in [4.78, 5) is 4.65. The number of hydrogen-bond acceptors (Lipinski definition) is 4. The molecule has 0 aliphatic heterocycles. The molecule has 45 heavy (non-hydrogen) atoms. The quantitative estimate of drug-likeness (QED) is 0.176. The van der Waals surface area contributed by atoms with Crippen molar-refractivity contribution in [3.8, 4) is 0 Å². The second-order valence-electron chi connectivity index (χ2n) is 12.3. The summed E-state index contributed by atoms with van der Waals surface area (Å²) in [5.41, 5.74) is 11.0. The largest absolute Gasteiger partial charge is 0.356 e. The fourth-order valence-corrected chi connectivity index (χ4v) is 5.58. The van der Waals surface area contributed by atoms with Crippen molar-refractivity contribution < 1.29 is 0 Å². The second-order valence-corrected chi connectivity index (χ2v) is 12.3. The molecule has 0 saturated heterocycles. The van der Waals surface area contributed by atoms with Gasteiger partial charge in [-0.25, -0.2) is 0 Å². The van der Waals surface area contributed by atoms with Gasteiger partial charge in [-0.05, 0) is 137 Å². The van der Waals surface area contributed by atoms with E-state index in [-0.39, 0.29) is 5.54 Å². The Kier molecular flexibility index (Phi) is 8.56. The molecular weight excluding hydrogens is 548 g/mol. The van der Waals surface area contributed by atoms with E-state index in [0.717, 1.165) is 51.2 Å². The lowest BCUT2D eigenvalue weighted by Gasteiger charge is -2.38. The van der Waals surface area contributed by atoms with Crippen LogP contribution >= 0.6 is 0 Å². The van der Waals surface area contributed by atoms with Gasteiger partial charge in [0, 0.05) is 56.7 Å². The number of benzene rings is 6. The molecule has 0 heterocycles. The minimum absolute atomic E-state index is 0.111. The zero-order valence-electron chi connectivity index (χ0n) is 26.4. The van der Waals surface area contributed by atoms with Gasteiger partial charge in [0.25, 0.3) is 0 Å². The van der Waals surface area contributed by atoms with Gasteiger partial charge in [-0.1, -0.05) is 54.1 Å². The third-order valence-corrected chi connectivity index (χ3v) is 7.71. The number of para-hydroxylation sites is 2. The molecule has 0 aliphatic carbocycles. The molecule has 0 radical (unpaired) electrons. The summed E-state index contributed by atoms with van der Waals surface area (Å²) >= 11 is 0.